The van der Waals surface area contributed by atoms with Crippen molar-refractivity contribution in [3.05, 3.63) is 59.9 Å². The second-order valence-corrected chi connectivity index (χ2v) is 8.57. The molecule has 3 rings (SSSR count). The molecule has 0 atom stereocenters. The first-order chi connectivity index (χ1) is 12.9. The van der Waals surface area contributed by atoms with Gasteiger partial charge >= 0.3 is 0 Å². The van der Waals surface area contributed by atoms with Crippen LogP contribution in [0.3, 0.4) is 0 Å². The summed E-state index contributed by atoms with van der Waals surface area (Å²) in [6.07, 6.45) is 0. The number of sulfonamides is 1. The number of carbonyl (C=O) groups is 1. The highest BCUT2D eigenvalue weighted by molar-refractivity contribution is 7.89. The molecule has 27 heavy (non-hydrogen) atoms. The standard InChI is InChI=1S/C19H22FN3O3S/c1-15(24)21-17-6-8-18(9-7-17)27(25,26)23-12-10-22(11-13-23)14-16-4-2-3-5-19(16)20/h2-9H,10-14H2,1H3,(H,21,24)/p+1. The predicted molar refractivity (Wildman–Crippen MR) is 100 cm³/mol. The highest BCUT2D eigenvalue weighted by atomic mass is 32.2. The lowest BCUT2D eigenvalue weighted by molar-refractivity contribution is -0.917. The van der Waals surface area contributed by atoms with Gasteiger partial charge in [-0.25, -0.2) is 12.8 Å². The Labute approximate surface area is 158 Å². The van der Waals surface area contributed by atoms with Crippen LogP contribution in [-0.4, -0.2) is 44.8 Å². The number of anilines is 1. The number of rotatable bonds is 5. The number of halogens is 1. The average Bonchev–Trinajstić information content (AvgIpc) is 2.64. The van der Waals surface area contributed by atoms with Crippen LogP contribution < -0.4 is 10.2 Å². The van der Waals surface area contributed by atoms with Gasteiger partial charge in [0.2, 0.25) is 15.9 Å². The highest BCUT2D eigenvalue weighted by Gasteiger charge is 2.30. The van der Waals surface area contributed by atoms with Gasteiger partial charge in [0, 0.05) is 18.2 Å². The van der Waals surface area contributed by atoms with Crippen molar-refractivity contribution in [1.29, 1.82) is 0 Å². The van der Waals surface area contributed by atoms with E-state index in [1.807, 2.05) is 6.07 Å². The molecule has 0 bridgehead atoms. The van der Waals surface area contributed by atoms with Crippen LogP contribution in [0.5, 0.6) is 0 Å². The largest absolute Gasteiger partial charge is 0.329 e. The molecule has 0 saturated carbocycles. The minimum Gasteiger partial charge on any atom is -0.329 e. The van der Waals surface area contributed by atoms with Crippen molar-refractivity contribution in [2.24, 2.45) is 0 Å². The van der Waals surface area contributed by atoms with Gasteiger partial charge in [-0.1, -0.05) is 18.2 Å². The second kappa shape index (κ2) is 8.16. The number of amides is 1. The van der Waals surface area contributed by atoms with E-state index in [0.717, 1.165) is 4.90 Å². The van der Waals surface area contributed by atoms with Gasteiger partial charge in [-0.15, -0.1) is 0 Å². The summed E-state index contributed by atoms with van der Waals surface area (Å²) in [6, 6.07) is 12.8. The number of carbonyl (C=O) groups excluding carboxylic acids is 1. The van der Waals surface area contributed by atoms with Crippen molar-refractivity contribution < 1.29 is 22.5 Å². The SMILES string of the molecule is CC(=O)Nc1ccc(S(=O)(=O)N2CC[NH+](Cc3ccccc3F)CC2)cc1. The summed E-state index contributed by atoms with van der Waals surface area (Å²) in [5.74, 6) is -0.432. The number of piperazine rings is 1. The molecule has 0 unspecified atom stereocenters. The van der Waals surface area contributed by atoms with Crippen molar-refractivity contribution in [3.63, 3.8) is 0 Å². The lowest BCUT2D eigenvalue weighted by atomic mass is 10.2. The first-order valence-corrected chi connectivity index (χ1v) is 10.2. The summed E-state index contributed by atoms with van der Waals surface area (Å²) >= 11 is 0. The topological polar surface area (TPSA) is 70.9 Å². The van der Waals surface area contributed by atoms with Crippen LogP contribution in [0.25, 0.3) is 0 Å². The maximum absolute atomic E-state index is 13.8. The third-order valence-electron chi connectivity index (χ3n) is 4.64. The summed E-state index contributed by atoms with van der Waals surface area (Å²) in [5.41, 5.74) is 1.21. The fourth-order valence-corrected chi connectivity index (χ4v) is 4.63. The zero-order chi connectivity index (χ0) is 19.4. The van der Waals surface area contributed by atoms with Crippen LogP contribution in [0.1, 0.15) is 12.5 Å². The van der Waals surface area contributed by atoms with Crippen molar-refractivity contribution >= 4 is 21.6 Å². The highest BCUT2D eigenvalue weighted by Crippen LogP contribution is 2.18. The Bertz CT molecular complexity index is 908. The smallest absolute Gasteiger partial charge is 0.243 e. The maximum Gasteiger partial charge on any atom is 0.243 e. The van der Waals surface area contributed by atoms with E-state index < -0.39 is 10.0 Å². The number of hydrogen-bond donors (Lipinski definition) is 2. The fourth-order valence-electron chi connectivity index (χ4n) is 3.19. The van der Waals surface area contributed by atoms with Crippen LogP contribution in [0.15, 0.2) is 53.4 Å². The van der Waals surface area contributed by atoms with E-state index >= 15 is 0 Å². The summed E-state index contributed by atoms with van der Waals surface area (Å²) in [7, 11) is -3.58. The molecule has 0 radical (unpaired) electrons. The third kappa shape index (κ3) is 4.71. The van der Waals surface area contributed by atoms with E-state index in [0.29, 0.717) is 44.0 Å². The van der Waals surface area contributed by atoms with E-state index in [1.54, 1.807) is 24.3 Å². The molecule has 1 heterocycles. The van der Waals surface area contributed by atoms with Crippen LogP contribution in [0.4, 0.5) is 10.1 Å². The maximum atomic E-state index is 13.8. The summed E-state index contributed by atoms with van der Waals surface area (Å²) in [4.78, 5) is 12.4. The fraction of sp³-hybridized carbons (Fsp3) is 0.316. The molecule has 0 aromatic heterocycles. The van der Waals surface area contributed by atoms with E-state index in [-0.39, 0.29) is 16.6 Å². The lowest BCUT2D eigenvalue weighted by Gasteiger charge is -2.31. The lowest BCUT2D eigenvalue weighted by Crippen LogP contribution is -3.13. The quantitative estimate of drug-likeness (QED) is 0.793. The molecule has 1 fully saturated rings. The molecule has 2 aromatic carbocycles. The summed E-state index contributed by atoms with van der Waals surface area (Å²) in [6.45, 7) is 3.97. The monoisotopic (exact) mass is 392 g/mol. The Morgan fingerprint density at radius 2 is 1.74 bits per heavy atom. The molecule has 0 aliphatic carbocycles. The Kier molecular flexibility index (Phi) is 5.88. The number of hydrogen-bond acceptors (Lipinski definition) is 3. The molecule has 1 amide bonds. The van der Waals surface area contributed by atoms with Gasteiger partial charge < -0.3 is 10.2 Å². The zero-order valence-electron chi connectivity index (χ0n) is 15.1. The third-order valence-corrected chi connectivity index (χ3v) is 6.55. The van der Waals surface area contributed by atoms with E-state index in [1.165, 1.54) is 29.4 Å². The van der Waals surface area contributed by atoms with Gasteiger partial charge in [0.05, 0.1) is 31.1 Å². The predicted octanol–water partition coefficient (Wildman–Crippen LogP) is 0.874. The first-order valence-electron chi connectivity index (χ1n) is 8.81. The molecule has 6 nitrogen and oxygen atoms in total. The Morgan fingerprint density at radius 3 is 2.33 bits per heavy atom. The number of benzene rings is 2. The Morgan fingerprint density at radius 1 is 1.11 bits per heavy atom. The van der Waals surface area contributed by atoms with Crippen molar-refractivity contribution in [1.82, 2.24) is 4.31 Å². The van der Waals surface area contributed by atoms with Gasteiger partial charge in [0.15, 0.2) is 0 Å². The van der Waals surface area contributed by atoms with Crippen LogP contribution in [0, 0.1) is 5.82 Å². The Hall–Kier alpha value is -2.29. The van der Waals surface area contributed by atoms with E-state index in [9.17, 15) is 17.6 Å². The molecule has 1 aliphatic heterocycles. The minimum atomic E-state index is -3.58. The van der Waals surface area contributed by atoms with Crippen molar-refractivity contribution in [2.75, 3.05) is 31.5 Å². The summed E-state index contributed by atoms with van der Waals surface area (Å²) < 4.78 is 40.9. The van der Waals surface area contributed by atoms with Gasteiger partial charge in [0.25, 0.3) is 0 Å². The van der Waals surface area contributed by atoms with Gasteiger partial charge in [0.1, 0.15) is 12.4 Å². The van der Waals surface area contributed by atoms with E-state index in [4.69, 9.17) is 0 Å². The zero-order valence-corrected chi connectivity index (χ0v) is 15.9. The number of nitrogens with one attached hydrogen (secondary N) is 2. The first kappa shape index (κ1) is 19.5. The van der Waals surface area contributed by atoms with E-state index in [2.05, 4.69) is 5.32 Å². The normalized spacial score (nSPS) is 16.2. The van der Waals surface area contributed by atoms with Crippen molar-refractivity contribution in [3.8, 4) is 0 Å². The Balaban J connectivity index is 1.62. The molecule has 1 aliphatic rings. The summed E-state index contributed by atoms with van der Waals surface area (Å²) in [5, 5.41) is 2.62. The molecule has 2 N–H and O–H groups in total. The van der Waals surface area contributed by atoms with Crippen LogP contribution in [0.2, 0.25) is 0 Å². The molecule has 1 saturated heterocycles. The number of quaternary nitrogens is 1. The van der Waals surface area contributed by atoms with Crippen molar-refractivity contribution in [2.45, 2.75) is 18.4 Å². The molecule has 2 aromatic rings. The molecule has 8 heteroatoms. The molecule has 144 valence electrons. The number of nitrogens with zero attached hydrogens (tertiary/aromatic N) is 1. The molecular weight excluding hydrogens is 369 g/mol. The van der Waals surface area contributed by atoms with Gasteiger partial charge in [-0.2, -0.15) is 4.31 Å². The second-order valence-electron chi connectivity index (χ2n) is 6.63. The molecule has 0 spiro atoms. The van der Waals surface area contributed by atoms with Gasteiger partial charge in [-0.05, 0) is 30.3 Å². The van der Waals surface area contributed by atoms with Crippen LogP contribution in [-0.2, 0) is 21.4 Å². The molecular formula is C19H23FN3O3S+. The van der Waals surface area contributed by atoms with Crippen LogP contribution >= 0.6 is 0 Å². The minimum absolute atomic E-state index is 0.203. The average molecular weight is 392 g/mol. The van der Waals surface area contributed by atoms with Gasteiger partial charge in [-0.3, -0.25) is 4.79 Å².